The number of carbonyl (C=O) groups excluding carboxylic acids is 1. The summed E-state index contributed by atoms with van der Waals surface area (Å²) in [5, 5.41) is 0. The van der Waals surface area contributed by atoms with Crippen molar-refractivity contribution in [2.24, 2.45) is 0 Å². The summed E-state index contributed by atoms with van der Waals surface area (Å²) in [6.45, 7) is 2.36. The number of likely N-dealkylation sites (tertiary alicyclic amines) is 1. The molecule has 4 heteroatoms. The van der Waals surface area contributed by atoms with E-state index >= 15 is 0 Å². The van der Waals surface area contributed by atoms with Gasteiger partial charge in [0.25, 0.3) is 5.91 Å². The normalized spacial score (nSPS) is 19.1. The number of hydrogen-bond donors (Lipinski definition) is 0. The average molecular weight is 337 g/mol. The minimum Gasteiger partial charge on any atom is -0.457 e. The van der Waals surface area contributed by atoms with Gasteiger partial charge in [0.15, 0.2) is 0 Å². The molecule has 2 aliphatic rings. The van der Waals surface area contributed by atoms with Gasteiger partial charge in [-0.05, 0) is 49.9 Å². The number of piperidine rings is 1. The second-order valence-corrected chi connectivity index (χ2v) is 6.84. The zero-order valence-corrected chi connectivity index (χ0v) is 14.3. The minimum atomic E-state index is 0.0246. The molecule has 1 spiro atoms. The van der Waals surface area contributed by atoms with Gasteiger partial charge in [-0.1, -0.05) is 30.3 Å². The Kier molecular flexibility index (Phi) is 4.45. The van der Waals surface area contributed by atoms with Gasteiger partial charge in [0, 0.05) is 19.7 Å². The lowest BCUT2D eigenvalue weighted by atomic mass is 9.88. The van der Waals surface area contributed by atoms with Crippen LogP contribution in [-0.4, -0.2) is 36.1 Å². The molecule has 25 heavy (non-hydrogen) atoms. The van der Waals surface area contributed by atoms with E-state index in [1.165, 1.54) is 0 Å². The molecule has 0 N–H and O–H groups in total. The molecular weight excluding hydrogens is 314 g/mol. The van der Waals surface area contributed by atoms with Gasteiger partial charge < -0.3 is 14.4 Å². The predicted molar refractivity (Wildman–Crippen MR) is 96.0 cm³/mol. The molecule has 2 fully saturated rings. The van der Waals surface area contributed by atoms with Gasteiger partial charge in [-0.2, -0.15) is 0 Å². The second kappa shape index (κ2) is 6.89. The zero-order chi connectivity index (χ0) is 17.1. The van der Waals surface area contributed by atoms with Crippen LogP contribution in [0.15, 0.2) is 54.6 Å². The molecule has 0 bridgehead atoms. The molecule has 2 heterocycles. The number of nitrogens with zero attached hydrogens (tertiary/aromatic N) is 1. The fourth-order valence-electron chi connectivity index (χ4n) is 3.79. The number of ether oxygens (including phenoxy) is 2. The summed E-state index contributed by atoms with van der Waals surface area (Å²) in [4.78, 5) is 14.9. The molecule has 0 aromatic heterocycles. The van der Waals surface area contributed by atoms with Crippen molar-refractivity contribution in [3.05, 3.63) is 60.2 Å². The Labute approximate surface area is 148 Å². The lowest BCUT2D eigenvalue weighted by Gasteiger charge is -2.38. The number of rotatable bonds is 3. The third kappa shape index (κ3) is 3.40. The molecule has 1 amide bonds. The summed E-state index contributed by atoms with van der Waals surface area (Å²) in [6.07, 6.45) is 4.13. The van der Waals surface area contributed by atoms with Gasteiger partial charge in [0.2, 0.25) is 0 Å². The average Bonchev–Trinajstić information content (AvgIpc) is 3.11. The molecule has 2 saturated heterocycles. The van der Waals surface area contributed by atoms with E-state index in [1.807, 2.05) is 59.5 Å². The Balaban J connectivity index is 1.49. The maximum absolute atomic E-state index is 13.0. The first-order valence-corrected chi connectivity index (χ1v) is 9.01. The maximum atomic E-state index is 13.0. The van der Waals surface area contributed by atoms with Crippen molar-refractivity contribution in [3.63, 3.8) is 0 Å². The predicted octanol–water partition coefficient (Wildman–Crippen LogP) is 4.26. The summed E-state index contributed by atoms with van der Waals surface area (Å²) < 4.78 is 11.9. The van der Waals surface area contributed by atoms with Crippen LogP contribution in [0.25, 0.3) is 0 Å². The van der Waals surface area contributed by atoms with Crippen LogP contribution in [0.3, 0.4) is 0 Å². The van der Waals surface area contributed by atoms with Gasteiger partial charge >= 0.3 is 0 Å². The number of amides is 1. The van der Waals surface area contributed by atoms with Crippen LogP contribution < -0.4 is 4.74 Å². The summed E-state index contributed by atoms with van der Waals surface area (Å²) >= 11 is 0. The Hall–Kier alpha value is -2.33. The highest BCUT2D eigenvalue weighted by molar-refractivity contribution is 5.97. The minimum absolute atomic E-state index is 0.0246. The number of hydrogen-bond acceptors (Lipinski definition) is 3. The SMILES string of the molecule is O=C(c1ccccc1Oc1ccccc1)N1CCC2(CCCO2)CC1. The first-order chi connectivity index (χ1) is 12.3. The van der Waals surface area contributed by atoms with Gasteiger partial charge in [-0.25, -0.2) is 0 Å². The smallest absolute Gasteiger partial charge is 0.257 e. The van der Waals surface area contributed by atoms with E-state index in [0.29, 0.717) is 11.3 Å². The lowest BCUT2D eigenvalue weighted by molar-refractivity contribution is -0.0387. The molecule has 0 saturated carbocycles. The Morgan fingerprint density at radius 3 is 2.40 bits per heavy atom. The molecular formula is C21H23NO3. The van der Waals surface area contributed by atoms with Crippen LogP contribution in [0.1, 0.15) is 36.0 Å². The highest BCUT2D eigenvalue weighted by Crippen LogP contribution is 2.36. The van der Waals surface area contributed by atoms with Gasteiger partial charge in [0.1, 0.15) is 11.5 Å². The largest absolute Gasteiger partial charge is 0.457 e. The number of carbonyl (C=O) groups is 1. The maximum Gasteiger partial charge on any atom is 0.257 e. The van der Waals surface area contributed by atoms with Crippen LogP contribution in [0.2, 0.25) is 0 Å². The van der Waals surface area contributed by atoms with Crippen molar-refractivity contribution in [3.8, 4) is 11.5 Å². The topological polar surface area (TPSA) is 38.8 Å². The summed E-state index contributed by atoms with van der Waals surface area (Å²) in [7, 11) is 0. The standard InChI is InChI=1S/C21H23NO3/c23-20(22-14-12-21(13-15-22)11-6-16-24-21)18-9-4-5-10-19(18)25-17-7-2-1-3-8-17/h1-5,7-10H,6,11-16H2. The van der Waals surface area contributed by atoms with Gasteiger partial charge in [-0.3, -0.25) is 4.79 Å². The van der Waals surface area contributed by atoms with Gasteiger partial charge in [-0.15, -0.1) is 0 Å². The summed E-state index contributed by atoms with van der Waals surface area (Å²) in [5.41, 5.74) is 0.645. The molecule has 0 unspecified atom stereocenters. The molecule has 4 rings (SSSR count). The third-order valence-corrected chi connectivity index (χ3v) is 5.24. The molecule has 4 nitrogen and oxygen atoms in total. The fraction of sp³-hybridized carbons (Fsp3) is 0.381. The second-order valence-electron chi connectivity index (χ2n) is 6.84. The first kappa shape index (κ1) is 16.2. The molecule has 0 atom stereocenters. The van der Waals surface area contributed by atoms with Crippen molar-refractivity contribution < 1.29 is 14.3 Å². The van der Waals surface area contributed by atoms with Crippen molar-refractivity contribution in [1.82, 2.24) is 4.90 Å². The lowest BCUT2D eigenvalue weighted by Crippen LogP contribution is -2.46. The van der Waals surface area contributed by atoms with E-state index in [4.69, 9.17) is 9.47 Å². The highest BCUT2D eigenvalue weighted by atomic mass is 16.5. The molecule has 0 radical (unpaired) electrons. The van der Waals surface area contributed by atoms with E-state index in [2.05, 4.69) is 0 Å². The van der Waals surface area contributed by atoms with Crippen LogP contribution in [0.5, 0.6) is 11.5 Å². The molecule has 2 aromatic rings. The van der Waals surface area contributed by atoms with Crippen molar-refractivity contribution >= 4 is 5.91 Å². The molecule has 0 aliphatic carbocycles. The van der Waals surface area contributed by atoms with E-state index in [0.717, 1.165) is 51.1 Å². The van der Waals surface area contributed by atoms with E-state index in [-0.39, 0.29) is 11.5 Å². The van der Waals surface area contributed by atoms with Crippen molar-refractivity contribution in [1.29, 1.82) is 0 Å². The van der Waals surface area contributed by atoms with Crippen molar-refractivity contribution in [2.75, 3.05) is 19.7 Å². The van der Waals surface area contributed by atoms with Crippen LogP contribution in [0.4, 0.5) is 0 Å². The zero-order valence-electron chi connectivity index (χ0n) is 14.3. The quantitative estimate of drug-likeness (QED) is 0.840. The molecule has 2 aromatic carbocycles. The van der Waals surface area contributed by atoms with Crippen LogP contribution in [-0.2, 0) is 4.74 Å². The summed E-state index contributed by atoms with van der Waals surface area (Å²) in [5.74, 6) is 1.38. The summed E-state index contributed by atoms with van der Waals surface area (Å²) in [6, 6.07) is 17.0. The Morgan fingerprint density at radius 1 is 0.960 bits per heavy atom. The number of para-hydroxylation sites is 2. The highest BCUT2D eigenvalue weighted by Gasteiger charge is 2.39. The third-order valence-electron chi connectivity index (χ3n) is 5.24. The monoisotopic (exact) mass is 337 g/mol. The van der Waals surface area contributed by atoms with Crippen LogP contribution in [0, 0.1) is 0 Å². The Morgan fingerprint density at radius 2 is 1.68 bits per heavy atom. The Bertz CT molecular complexity index is 728. The first-order valence-electron chi connectivity index (χ1n) is 9.01. The van der Waals surface area contributed by atoms with E-state index in [9.17, 15) is 4.79 Å². The fourth-order valence-corrected chi connectivity index (χ4v) is 3.79. The van der Waals surface area contributed by atoms with Gasteiger partial charge in [0.05, 0.1) is 11.2 Å². The molecule has 130 valence electrons. The van der Waals surface area contributed by atoms with Crippen molar-refractivity contribution in [2.45, 2.75) is 31.3 Å². The van der Waals surface area contributed by atoms with E-state index in [1.54, 1.807) is 0 Å². The molecule has 2 aliphatic heterocycles. The number of benzene rings is 2. The van der Waals surface area contributed by atoms with E-state index < -0.39 is 0 Å². The van der Waals surface area contributed by atoms with Crippen LogP contribution >= 0.6 is 0 Å².